The van der Waals surface area contributed by atoms with Gasteiger partial charge >= 0.3 is 0 Å². The molecule has 0 aliphatic carbocycles. The van der Waals surface area contributed by atoms with Gasteiger partial charge in [-0.25, -0.2) is 0 Å². The van der Waals surface area contributed by atoms with Crippen LogP contribution in [-0.2, 0) is 4.79 Å². The zero-order valence-corrected chi connectivity index (χ0v) is 16.0. The molecule has 1 atom stereocenters. The topological polar surface area (TPSA) is 61.4 Å². The number of nitrogens with one attached hydrogen (secondary N) is 2. The molecule has 0 bridgehead atoms. The van der Waals surface area contributed by atoms with Crippen LogP contribution in [0.2, 0.25) is 0 Å². The van der Waals surface area contributed by atoms with E-state index in [9.17, 15) is 9.59 Å². The summed E-state index contributed by atoms with van der Waals surface area (Å²) in [4.78, 5) is 27.6. The number of rotatable bonds is 5. The fraction of sp³-hybridized carbons (Fsp3) is 0.556. The number of carbonyl (C=O) groups is 2. The molecule has 1 unspecified atom stereocenters. The number of piperidine rings is 1. The predicted molar refractivity (Wildman–Crippen MR) is 104 cm³/mol. The van der Waals surface area contributed by atoms with Crippen molar-refractivity contribution >= 4 is 36.0 Å². The third-order valence-corrected chi connectivity index (χ3v) is 5.63. The normalized spacial score (nSPS) is 20.0. The number of likely N-dealkylation sites (tertiary alicyclic amines) is 1. The molecule has 7 heteroatoms. The Morgan fingerprint density at radius 1 is 1.20 bits per heavy atom. The standard InChI is InChI=1S/C18H25N3O2S.ClH/c22-17(21-10-3-4-11-21)13-24-16-8-2-1-7-15(16)18(23)20-14-6-5-9-19-12-14;/h1-2,7-8,14,19H,3-6,9-13H2,(H,20,23);1H. The van der Waals surface area contributed by atoms with Crippen LogP contribution < -0.4 is 10.6 Å². The highest BCUT2D eigenvalue weighted by Gasteiger charge is 2.21. The van der Waals surface area contributed by atoms with Crippen molar-refractivity contribution in [2.45, 2.75) is 36.6 Å². The lowest BCUT2D eigenvalue weighted by atomic mass is 10.1. The molecule has 2 N–H and O–H groups in total. The molecule has 25 heavy (non-hydrogen) atoms. The summed E-state index contributed by atoms with van der Waals surface area (Å²) < 4.78 is 0. The zero-order chi connectivity index (χ0) is 16.8. The first-order chi connectivity index (χ1) is 11.7. The minimum Gasteiger partial charge on any atom is -0.348 e. The summed E-state index contributed by atoms with van der Waals surface area (Å²) in [6.07, 6.45) is 4.31. The lowest BCUT2D eigenvalue weighted by Crippen LogP contribution is -2.45. The van der Waals surface area contributed by atoms with E-state index in [1.165, 1.54) is 11.8 Å². The van der Waals surface area contributed by atoms with Crippen molar-refractivity contribution in [1.29, 1.82) is 0 Å². The van der Waals surface area contributed by atoms with E-state index >= 15 is 0 Å². The van der Waals surface area contributed by atoms with Crippen LogP contribution in [0.4, 0.5) is 0 Å². The maximum absolute atomic E-state index is 12.6. The Morgan fingerprint density at radius 2 is 1.96 bits per heavy atom. The number of amides is 2. The van der Waals surface area contributed by atoms with E-state index in [2.05, 4.69) is 10.6 Å². The molecular weight excluding hydrogens is 358 g/mol. The van der Waals surface area contributed by atoms with Crippen LogP contribution in [0.15, 0.2) is 29.2 Å². The number of benzene rings is 1. The van der Waals surface area contributed by atoms with Crippen LogP contribution in [0.5, 0.6) is 0 Å². The van der Waals surface area contributed by atoms with Gasteiger partial charge in [-0.1, -0.05) is 12.1 Å². The first-order valence-electron chi connectivity index (χ1n) is 8.75. The Hall–Kier alpha value is -1.24. The SMILES string of the molecule is Cl.O=C(NC1CCCNC1)c1ccccc1SCC(=O)N1CCCC1. The highest BCUT2D eigenvalue weighted by molar-refractivity contribution is 8.00. The predicted octanol–water partition coefficient (Wildman–Crippen LogP) is 2.30. The smallest absolute Gasteiger partial charge is 0.252 e. The summed E-state index contributed by atoms with van der Waals surface area (Å²) in [6, 6.07) is 7.75. The van der Waals surface area contributed by atoms with E-state index in [0.717, 1.165) is 56.8 Å². The molecule has 5 nitrogen and oxygen atoms in total. The molecule has 2 fully saturated rings. The first-order valence-corrected chi connectivity index (χ1v) is 9.74. The molecule has 2 aliphatic rings. The maximum Gasteiger partial charge on any atom is 0.252 e. The van der Waals surface area contributed by atoms with Crippen molar-refractivity contribution in [2.75, 3.05) is 31.9 Å². The van der Waals surface area contributed by atoms with E-state index in [1.54, 1.807) is 0 Å². The molecule has 0 aromatic heterocycles. The lowest BCUT2D eigenvalue weighted by Gasteiger charge is -2.24. The fourth-order valence-corrected chi connectivity index (χ4v) is 4.17. The molecule has 138 valence electrons. The number of carbonyl (C=O) groups excluding carboxylic acids is 2. The fourth-order valence-electron chi connectivity index (χ4n) is 3.22. The van der Waals surface area contributed by atoms with E-state index < -0.39 is 0 Å². The van der Waals surface area contributed by atoms with Crippen molar-refractivity contribution in [3.8, 4) is 0 Å². The summed E-state index contributed by atoms with van der Waals surface area (Å²) in [5, 5.41) is 6.42. The van der Waals surface area contributed by atoms with Gasteiger partial charge in [-0.05, 0) is 44.4 Å². The molecule has 2 saturated heterocycles. The molecular formula is C18H26ClN3O2S. The zero-order valence-electron chi connectivity index (χ0n) is 14.3. The monoisotopic (exact) mass is 383 g/mol. The lowest BCUT2D eigenvalue weighted by molar-refractivity contribution is -0.127. The second-order valence-corrected chi connectivity index (χ2v) is 7.41. The van der Waals surface area contributed by atoms with Gasteiger partial charge in [0.25, 0.3) is 5.91 Å². The van der Waals surface area contributed by atoms with E-state index in [-0.39, 0.29) is 30.3 Å². The Morgan fingerprint density at radius 3 is 2.68 bits per heavy atom. The van der Waals surface area contributed by atoms with Crippen LogP contribution in [0.3, 0.4) is 0 Å². The summed E-state index contributed by atoms with van der Waals surface area (Å²) in [5.41, 5.74) is 0.669. The number of thioether (sulfide) groups is 1. The van der Waals surface area contributed by atoms with Crippen LogP contribution >= 0.6 is 24.2 Å². The highest BCUT2D eigenvalue weighted by atomic mass is 35.5. The van der Waals surface area contributed by atoms with Gasteiger partial charge in [-0.15, -0.1) is 24.2 Å². The van der Waals surface area contributed by atoms with Gasteiger partial charge in [0.15, 0.2) is 0 Å². The third kappa shape index (κ3) is 5.62. The highest BCUT2D eigenvalue weighted by Crippen LogP contribution is 2.24. The Balaban J connectivity index is 0.00000225. The molecule has 2 aliphatic heterocycles. The van der Waals surface area contributed by atoms with Crippen molar-refractivity contribution in [3.63, 3.8) is 0 Å². The average Bonchev–Trinajstić information content (AvgIpc) is 3.15. The third-order valence-electron chi connectivity index (χ3n) is 4.57. The van der Waals surface area contributed by atoms with Crippen molar-refractivity contribution in [3.05, 3.63) is 29.8 Å². The Bertz CT molecular complexity index is 587. The number of hydrogen-bond acceptors (Lipinski definition) is 4. The number of nitrogens with zero attached hydrogens (tertiary/aromatic N) is 1. The summed E-state index contributed by atoms with van der Waals surface area (Å²) >= 11 is 1.46. The number of halogens is 1. The van der Waals surface area contributed by atoms with Crippen LogP contribution in [0.1, 0.15) is 36.0 Å². The molecule has 1 aromatic carbocycles. The molecule has 0 saturated carbocycles. The van der Waals surface area contributed by atoms with Crippen LogP contribution in [0, 0.1) is 0 Å². The van der Waals surface area contributed by atoms with Gasteiger partial charge in [0.05, 0.1) is 11.3 Å². The molecule has 1 aromatic rings. The number of hydrogen-bond donors (Lipinski definition) is 2. The first kappa shape index (κ1) is 20.1. The Labute approximate surface area is 159 Å². The van der Waals surface area contributed by atoms with Gasteiger partial charge in [0, 0.05) is 30.6 Å². The maximum atomic E-state index is 12.6. The van der Waals surface area contributed by atoms with Crippen molar-refractivity contribution in [1.82, 2.24) is 15.5 Å². The van der Waals surface area contributed by atoms with Gasteiger partial charge in [-0.2, -0.15) is 0 Å². The van der Waals surface area contributed by atoms with E-state index in [0.29, 0.717) is 11.3 Å². The van der Waals surface area contributed by atoms with Crippen LogP contribution in [0.25, 0.3) is 0 Å². The molecule has 0 radical (unpaired) electrons. The van der Waals surface area contributed by atoms with Gasteiger partial charge in [0.1, 0.15) is 0 Å². The summed E-state index contributed by atoms with van der Waals surface area (Å²) in [5.74, 6) is 0.527. The van der Waals surface area contributed by atoms with E-state index in [4.69, 9.17) is 0 Å². The minimum absolute atomic E-state index is 0. The molecule has 3 rings (SSSR count). The largest absolute Gasteiger partial charge is 0.348 e. The molecule has 0 spiro atoms. The van der Waals surface area contributed by atoms with E-state index in [1.807, 2.05) is 29.2 Å². The van der Waals surface area contributed by atoms with Crippen LogP contribution in [-0.4, -0.2) is 54.7 Å². The second kappa shape index (κ2) is 10.0. The summed E-state index contributed by atoms with van der Waals surface area (Å²) in [7, 11) is 0. The minimum atomic E-state index is -0.0413. The quantitative estimate of drug-likeness (QED) is 0.766. The van der Waals surface area contributed by atoms with Crippen molar-refractivity contribution in [2.24, 2.45) is 0 Å². The average molecular weight is 384 g/mol. The second-order valence-electron chi connectivity index (χ2n) is 6.39. The Kier molecular flexibility index (Phi) is 8.06. The molecule has 2 amide bonds. The van der Waals surface area contributed by atoms with Gasteiger partial charge in [0.2, 0.25) is 5.91 Å². The van der Waals surface area contributed by atoms with Crippen molar-refractivity contribution < 1.29 is 9.59 Å². The summed E-state index contributed by atoms with van der Waals surface area (Å²) in [6.45, 7) is 3.60. The van der Waals surface area contributed by atoms with Gasteiger partial charge in [-0.3, -0.25) is 9.59 Å². The van der Waals surface area contributed by atoms with Gasteiger partial charge < -0.3 is 15.5 Å². The molecule has 2 heterocycles.